The fourth-order valence-corrected chi connectivity index (χ4v) is 4.11. The van der Waals surface area contributed by atoms with E-state index in [4.69, 9.17) is 21.1 Å². The number of carbonyl (C=O) groups excluding carboxylic acids is 2. The number of aromatic nitrogens is 1. The van der Waals surface area contributed by atoms with Gasteiger partial charge in [0.1, 0.15) is 22.3 Å². The summed E-state index contributed by atoms with van der Waals surface area (Å²) in [6, 6.07) is 8.05. The molecule has 6 nitrogen and oxygen atoms in total. The SMILES string of the molecule is CC[C@H](C(=O)Nc1cc(Cl)ccc1OC)n1c(C(=O)OC)cc2ccsc21. The molecule has 0 radical (unpaired) electrons. The normalized spacial score (nSPS) is 12.0. The first-order valence-electron chi connectivity index (χ1n) is 8.31. The summed E-state index contributed by atoms with van der Waals surface area (Å²) in [4.78, 5) is 26.2. The van der Waals surface area contributed by atoms with Crippen molar-refractivity contribution in [1.82, 2.24) is 4.57 Å². The minimum Gasteiger partial charge on any atom is -0.495 e. The third-order valence-electron chi connectivity index (χ3n) is 4.26. The number of carbonyl (C=O) groups is 2. The van der Waals surface area contributed by atoms with Gasteiger partial charge in [0.2, 0.25) is 5.91 Å². The number of ether oxygens (including phenoxy) is 2. The molecular weight excluding hydrogens is 388 g/mol. The molecule has 0 spiro atoms. The van der Waals surface area contributed by atoms with Crippen molar-refractivity contribution in [3.63, 3.8) is 0 Å². The highest BCUT2D eigenvalue weighted by Crippen LogP contribution is 2.33. The first-order chi connectivity index (χ1) is 13.0. The number of amides is 1. The smallest absolute Gasteiger partial charge is 0.354 e. The molecule has 1 aromatic carbocycles. The molecule has 8 heteroatoms. The Kier molecular flexibility index (Phi) is 5.72. The van der Waals surface area contributed by atoms with E-state index in [1.165, 1.54) is 25.6 Å². The van der Waals surface area contributed by atoms with Crippen LogP contribution in [0.15, 0.2) is 35.7 Å². The zero-order valence-electron chi connectivity index (χ0n) is 15.1. The Morgan fingerprint density at radius 2 is 2.04 bits per heavy atom. The summed E-state index contributed by atoms with van der Waals surface area (Å²) < 4.78 is 11.9. The minimum atomic E-state index is -0.598. The third kappa shape index (κ3) is 3.65. The Bertz CT molecular complexity index is 995. The summed E-state index contributed by atoms with van der Waals surface area (Å²) in [5.74, 6) is -0.247. The fourth-order valence-electron chi connectivity index (χ4n) is 2.99. The number of nitrogens with zero attached hydrogens (tertiary/aromatic N) is 1. The lowest BCUT2D eigenvalue weighted by Crippen LogP contribution is -2.28. The van der Waals surface area contributed by atoms with Gasteiger partial charge in [-0.05, 0) is 42.1 Å². The highest BCUT2D eigenvalue weighted by molar-refractivity contribution is 7.16. The summed E-state index contributed by atoms with van der Waals surface area (Å²) in [6.45, 7) is 1.89. The number of halogens is 1. The van der Waals surface area contributed by atoms with Gasteiger partial charge in [0.25, 0.3) is 0 Å². The van der Waals surface area contributed by atoms with Gasteiger partial charge in [-0.1, -0.05) is 18.5 Å². The lowest BCUT2D eigenvalue weighted by atomic mass is 10.2. The van der Waals surface area contributed by atoms with Gasteiger partial charge in [-0.2, -0.15) is 0 Å². The lowest BCUT2D eigenvalue weighted by Gasteiger charge is -2.20. The van der Waals surface area contributed by atoms with Gasteiger partial charge >= 0.3 is 5.97 Å². The molecule has 2 heterocycles. The maximum Gasteiger partial charge on any atom is 0.354 e. The Morgan fingerprint density at radius 3 is 2.70 bits per heavy atom. The van der Waals surface area contributed by atoms with Gasteiger partial charge in [-0.3, -0.25) is 4.79 Å². The molecule has 0 aliphatic heterocycles. The highest BCUT2D eigenvalue weighted by atomic mass is 35.5. The van der Waals surface area contributed by atoms with E-state index in [1.807, 2.05) is 18.4 Å². The van der Waals surface area contributed by atoms with Crippen LogP contribution in [0.2, 0.25) is 5.02 Å². The molecule has 0 saturated heterocycles. The van der Waals surface area contributed by atoms with Gasteiger partial charge in [0.05, 0.1) is 19.9 Å². The van der Waals surface area contributed by atoms with Crippen molar-refractivity contribution in [3.8, 4) is 5.75 Å². The van der Waals surface area contributed by atoms with Gasteiger partial charge in [-0.15, -0.1) is 11.3 Å². The number of methoxy groups -OCH3 is 2. The number of thiophene rings is 1. The fraction of sp³-hybridized carbons (Fsp3) is 0.263. The van der Waals surface area contributed by atoms with E-state index in [1.54, 1.807) is 28.8 Å². The van der Waals surface area contributed by atoms with Gasteiger partial charge in [-0.25, -0.2) is 4.79 Å². The molecule has 27 heavy (non-hydrogen) atoms. The molecule has 0 fully saturated rings. The molecule has 1 atom stereocenters. The van der Waals surface area contributed by atoms with Crippen molar-refractivity contribution in [2.24, 2.45) is 0 Å². The minimum absolute atomic E-state index is 0.269. The number of esters is 1. The predicted octanol–water partition coefficient (Wildman–Crippen LogP) is 4.74. The first-order valence-corrected chi connectivity index (χ1v) is 9.57. The molecule has 2 aromatic heterocycles. The van der Waals surface area contributed by atoms with Crippen molar-refractivity contribution >= 4 is 50.7 Å². The number of hydrogen-bond donors (Lipinski definition) is 1. The average molecular weight is 407 g/mol. The molecule has 1 amide bonds. The zero-order chi connectivity index (χ0) is 19.6. The third-order valence-corrected chi connectivity index (χ3v) is 5.42. The molecule has 3 rings (SSSR count). The van der Waals surface area contributed by atoms with Crippen molar-refractivity contribution < 1.29 is 19.1 Å². The number of fused-ring (bicyclic) bond motifs is 1. The van der Waals surface area contributed by atoms with E-state index in [-0.39, 0.29) is 5.91 Å². The van der Waals surface area contributed by atoms with E-state index in [0.717, 1.165) is 10.2 Å². The number of anilines is 1. The summed E-state index contributed by atoms with van der Waals surface area (Å²) in [5, 5.41) is 6.17. The van der Waals surface area contributed by atoms with Crippen LogP contribution in [0.25, 0.3) is 10.2 Å². The largest absolute Gasteiger partial charge is 0.495 e. The second kappa shape index (κ2) is 8.02. The second-order valence-electron chi connectivity index (χ2n) is 5.83. The summed E-state index contributed by atoms with van der Waals surface area (Å²) in [5.41, 5.74) is 0.821. The van der Waals surface area contributed by atoms with E-state index in [2.05, 4.69) is 5.32 Å². The van der Waals surface area contributed by atoms with Crippen LogP contribution < -0.4 is 10.1 Å². The molecule has 0 aliphatic rings. The average Bonchev–Trinajstić information content (AvgIpc) is 3.24. The van der Waals surface area contributed by atoms with Gasteiger partial charge < -0.3 is 19.4 Å². The number of benzene rings is 1. The first kappa shape index (κ1) is 19.3. The Morgan fingerprint density at radius 1 is 1.26 bits per heavy atom. The molecule has 0 bridgehead atoms. The quantitative estimate of drug-likeness (QED) is 0.600. The van der Waals surface area contributed by atoms with Crippen LogP contribution in [0, 0.1) is 0 Å². The van der Waals surface area contributed by atoms with E-state index < -0.39 is 12.0 Å². The van der Waals surface area contributed by atoms with E-state index in [9.17, 15) is 9.59 Å². The van der Waals surface area contributed by atoms with E-state index >= 15 is 0 Å². The lowest BCUT2D eigenvalue weighted by molar-refractivity contribution is -0.119. The van der Waals surface area contributed by atoms with Crippen LogP contribution in [0.1, 0.15) is 29.9 Å². The zero-order valence-corrected chi connectivity index (χ0v) is 16.7. The standard InChI is InChI=1S/C19H19ClN2O4S/c1-4-14(17(23)21-13-10-12(20)5-6-16(13)25-2)22-15(19(24)26-3)9-11-7-8-27-18(11)22/h5-10,14H,4H2,1-3H3,(H,21,23)/t14-/m1/s1. The summed E-state index contributed by atoms with van der Waals surface area (Å²) in [7, 11) is 2.85. The van der Waals surface area contributed by atoms with Crippen molar-refractivity contribution in [2.75, 3.05) is 19.5 Å². The Hall–Kier alpha value is -2.51. The maximum atomic E-state index is 13.1. The van der Waals surface area contributed by atoms with Gasteiger partial charge in [0.15, 0.2) is 0 Å². The topological polar surface area (TPSA) is 69.6 Å². The summed E-state index contributed by atoms with van der Waals surface area (Å²) in [6.07, 6.45) is 0.486. The van der Waals surface area contributed by atoms with Crippen LogP contribution in [0.5, 0.6) is 5.75 Å². The number of hydrogen-bond acceptors (Lipinski definition) is 5. The molecule has 0 saturated carbocycles. The molecular formula is C19H19ClN2O4S. The molecule has 3 aromatic rings. The monoisotopic (exact) mass is 406 g/mol. The highest BCUT2D eigenvalue weighted by Gasteiger charge is 2.27. The molecule has 1 N–H and O–H groups in total. The Labute approximate surface area is 165 Å². The number of nitrogens with one attached hydrogen (secondary N) is 1. The van der Waals surface area contributed by atoms with Crippen LogP contribution in [-0.4, -0.2) is 30.7 Å². The molecule has 0 unspecified atom stereocenters. The second-order valence-corrected chi connectivity index (χ2v) is 7.16. The molecule has 142 valence electrons. The van der Waals surface area contributed by atoms with Crippen LogP contribution >= 0.6 is 22.9 Å². The van der Waals surface area contributed by atoms with Crippen LogP contribution in [-0.2, 0) is 9.53 Å². The Balaban J connectivity index is 2.01. The predicted molar refractivity (Wildman–Crippen MR) is 107 cm³/mol. The maximum absolute atomic E-state index is 13.1. The van der Waals surface area contributed by atoms with Crippen molar-refractivity contribution in [1.29, 1.82) is 0 Å². The van der Waals surface area contributed by atoms with Crippen LogP contribution in [0.3, 0.4) is 0 Å². The summed E-state index contributed by atoms with van der Waals surface area (Å²) >= 11 is 7.52. The molecule has 0 aliphatic carbocycles. The van der Waals surface area contributed by atoms with Gasteiger partial charge in [0, 0.05) is 10.4 Å². The van der Waals surface area contributed by atoms with Crippen molar-refractivity contribution in [2.45, 2.75) is 19.4 Å². The van der Waals surface area contributed by atoms with Crippen LogP contribution in [0.4, 0.5) is 5.69 Å². The van der Waals surface area contributed by atoms with E-state index in [0.29, 0.717) is 28.6 Å². The number of rotatable bonds is 6. The van der Waals surface area contributed by atoms with Crippen molar-refractivity contribution in [3.05, 3.63) is 46.4 Å².